The summed E-state index contributed by atoms with van der Waals surface area (Å²) in [5, 5.41) is 9.26. The Morgan fingerprint density at radius 2 is 2.18 bits per heavy atom. The van der Waals surface area contributed by atoms with Gasteiger partial charge in [0, 0.05) is 6.42 Å². The van der Waals surface area contributed by atoms with E-state index in [2.05, 4.69) is 0 Å². The second-order valence-corrected chi connectivity index (χ2v) is 4.73. The number of unbranched alkanes of at least 4 members (excludes halogenated alkanes) is 1. The zero-order chi connectivity index (χ0) is 12.9. The van der Waals surface area contributed by atoms with E-state index in [-0.39, 0.29) is 0 Å². The Hall–Kier alpha value is -1.35. The van der Waals surface area contributed by atoms with Crippen molar-refractivity contribution < 1.29 is 9.90 Å². The topological polar surface area (TPSA) is 63.3 Å². The van der Waals surface area contributed by atoms with Gasteiger partial charge < -0.3 is 10.8 Å². The van der Waals surface area contributed by atoms with E-state index in [1.54, 1.807) is 0 Å². The van der Waals surface area contributed by atoms with Crippen LogP contribution in [0.5, 0.6) is 0 Å². The molecule has 1 atom stereocenters. The standard InChI is InChI=1S/C14H21NO2/c1-3-4-8-14(15,13(16)17)10-12-7-5-6-11(2)9-12/h5-7,9H,3-4,8,10,15H2,1-2H3,(H,16,17)/t14-/m0/s1. The molecule has 0 aliphatic rings. The van der Waals surface area contributed by atoms with E-state index in [4.69, 9.17) is 5.73 Å². The number of rotatable bonds is 6. The van der Waals surface area contributed by atoms with E-state index in [0.717, 1.165) is 24.0 Å². The molecule has 17 heavy (non-hydrogen) atoms. The van der Waals surface area contributed by atoms with E-state index >= 15 is 0 Å². The normalized spacial score (nSPS) is 14.3. The van der Waals surface area contributed by atoms with Crippen molar-refractivity contribution >= 4 is 5.97 Å². The van der Waals surface area contributed by atoms with E-state index in [1.807, 2.05) is 38.1 Å². The predicted molar refractivity (Wildman–Crippen MR) is 69.0 cm³/mol. The first-order valence-electron chi connectivity index (χ1n) is 6.06. The molecule has 94 valence electrons. The van der Waals surface area contributed by atoms with Gasteiger partial charge in [0.25, 0.3) is 0 Å². The summed E-state index contributed by atoms with van der Waals surface area (Å²) in [5.41, 5.74) is 7.00. The lowest BCUT2D eigenvalue weighted by Gasteiger charge is -2.24. The van der Waals surface area contributed by atoms with Gasteiger partial charge >= 0.3 is 5.97 Å². The first-order valence-corrected chi connectivity index (χ1v) is 6.06. The average molecular weight is 235 g/mol. The third kappa shape index (κ3) is 3.86. The van der Waals surface area contributed by atoms with Gasteiger partial charge in [-0.2, -0.15) is 0 Å². The number of hydrogen-bond acceptors (Lipinski definition) is 2. The van der Waals surface area contributed by atoms with Crippen molar-refractivity contribution in [2.45, 2.75) is 45.1 Å². The van der Waals surface area contributed by atoms with Crippen LogP contribution in [0.3, 0.4) is 0 Å². The molecule has 0 aliphatic heterocycles. The van der Waals surface area contributed by atoms with E-state index in [1.165, 1.54) is 0 Å². The average Bonchev–Trinajstić information content (AvgIpc) is 2.26. The van der Waals surface area contributed by atoms with Gasteiger partial charge in [-0.25, -0.2) is 0 Å². The van der Waals surface area contributed by atoms with Gasteiger partial charge in [-0.1, -0.05) is 49.6 Å². The van der Waals surface area contributed by atoms with Gasteiger partial charge in [-0.3, -0.25) is 4.79 Å². The highest BCUT2D eigenvalue weighted by Gasteiger charge is 2.33. The van der Waals surface area contributed by atoms with Crippen molar-refractivity contribution in [1.29, 1.82) is 0 Å². The van der Waals surface area contributed by atoms with Gasteiger partial charge in [-0.05, 0) is 18.9 Å². The molecular weight excluding hydrogens is 214 g/mol. The van der Waals surface area contributed by atoms with Crippen LogP contribution in [-0.4, -0.2) is 16.6 Å². The minimum atomic E-state index is -1.14. The third-order valence-electron chi connectivity index (χ3n) is 3.00. The molecule has 3 N–H and O–H groups in total. The van der Waals surface area contributed by atoms with Crippen LogP contribution >= 0.6 is 0 Å². The van der Waals surface area contributed by atoms with Crippen LogP contribution < -0.4 is 5.73 Å². The van der Waals surface area contributed by atoms with Crippen LogP contribution in [0, 0.1) is 6.92 Å². The van der Waals surface area contributed by atoms with Crippen molar-refractivity contribution in [1.82, 2.24) is 0 Å². The van der Waals surface area contributed by atoms with Crippen LogP contribution in [0.1, 0.15) is 37.3 Å². The molecule has 0 unspecified atom stereocenters. The van der Waals surface area contributed by atoms with Crippen LogP contribution in [-0.2, 0) is 11.2 Å². The fraction of sp³-hybridized carbons (Fsp3) is 0.500. The fourth-order valence-corrected chi connectivity index (χ4v) is 1.95. The summed E-state index contributed by atoms with van der Waals surface area (Å²) < 4.78 is 0. The number of carbonyl (C=O) groups is 1. The highest BCUT2D eigenvalue weighted by molar-refractivity contribution is 5.78. The minimum Gasteiger partial charge on any atom is -0.480 e. The first kappa shape index (κ1) is 13.7. The minimum absolute atomic E-state index is 0.393. The molecule has 0 aliphatic carbocycles. The summed E-state index contributed by atoms with van der Waals surface area (Å²) in [6, 6.07) is 7.86. The Morgan fingerprint density at radius 3 is 2.71 bits per heavy atom. The molecule has 3 nitrogen and oxygen atoms in total. The van der Waals surface area contributed by atoms with Crippen molar-refractivity contribution in [2.24, 2.45) is 5.73 Å². The zero-order valence-corrected chi connectivity index (χ0v) is 10.6. The Morgan fingerprint density at radius 1 is 1.47 bits per heavy atom. The maximum Gasteiger partial charge on any atom is 0.324 e. The SMILES string of the molecule is CCCC[C@](N)(Cc1cccc(C)c1)C(=O)O. The summed E-state index contributed by atoms with van der Waals surface area (Å²) in [5.74, 6) is -0.910. The Labute approximate surface area is 103 Å². The van der Waals surface area contributed by atoms with Gasteiger partial charge in [0.1, 0.15) is 5.54 Å². The fourth-order valence-electron chi connectivity index (χ4n) is 1.95. The van der Waals surface area contributed by atoms with Gasteiger partial charge in [0.2, 0.25) is 0 Å². The molecule has 0 amide bonds. The summed E-state index contributed by atoms with van der Waals surface area (Å²) in [6.45, 7) is 4.03. The van der Waals surface area contributed by atoms with Crippen LogP contribution in [0.15, 0.2) is 24.3 Å². The molecule has 0 aromatic heterocycles. The Bertz CT molecular complexity index is 390. The number of carboxylic acid groups (broad SMARTS) is 1. The third-order valence-corrected chi connectivity index (χ3v) is 3.00. The van der Waals surface area contributed by atoms with Crippen LogP contribution in [0.4, 0.5) is 0 Å². The lowest BCUT2D eigenvalue weighted by atomic mass is 9.86. The Balaban J connectivity index is 2.83. The van der Waals surface area contributed by atoms with Crippen molar-refractivity contribution in [3.05, 3.63) is 35.4 Å². The molecule has 0 radical (unpaired) electrons. The summed E-state index contributed by atoms with van der Waals surface area (Å²) in [4.78, 5) is 11.3. The molecule has 0 fully saturated rings. The van der Waals surface area contributed by atoms with Crippen molar-refractivity contribution in [2.75, 3.05) is 0 Å². The molecule has 0 heterocycles. The highest BCUT2D eigenvalue weighted by Crippen LogP contribution is 2.19. The first-order chi connectivity index (χ1) is 7.98. The number of benzene rings is 1. The molecule has 0 bridgehead atoms. The van der Waals surface area contributed by atoms with Gasteiger partial charge in [-0.15, -0.1) is 0 Å². The monoisotopic (exact) mass is 235 g/mol. The number of hydrogen-bond donors (Lipinski definition) is 2. The number of carboxylic acids is 1. The molecule has 1 aromatic carbocycles. The predicted octanol–water partition coefficient (Wildman–Crippen LogP) is 2.51. The molecule has 3 heteroatoms. The lowest BCUT2D eigenvalue weighted by Crippen LogP contribution is -2.49. The quantitative estimate of drug-likeness (QED) is 0.796. The number of nitrogens with two attached hydrogens (primary N) is 1. The summed E-state index contributed by atoms with van der Waals surface area (Å²) in [7, 11) is 0. The second kappa shape index (κ2) is 5.82. The van der Waals surface area contributed by atoms with Crippen molar-refractivity contribution in [3.63, 3.8) is 0 Å². The van der Waals surface area contributed by atoms with Gasteiger partial charge in [0.15, 0.2) is 0 Å². The van der Waals surface area contributed by atoms with Crippen molar-refractivity contribution in [3.8, 4) is 0 Å². The van der Waals surface area contributed by atoms with E-state index in [0.29, 0.717) is 12.8 Å². The Kier molecular flexibility index (Phi) is 4.70. The molecule has 0 spiro atoms. The summed E-state index contributed by atoms with van der Waals surface area (Å²) in [6.07, 6.45) is 2.71. The molecule has 1 aromatic rings. The smallest absolute Gasteiger partial charge is 0.324 e. The molecule has 0 saturated carbocycles. The maximum absolute atomic E-state index is 11.3. The summed E-state index contributed by atoms with van der Waals surface area (Å²) >= 11 is 0. The number of aryl methyl sites for hydroxylation is 1. The molecule has 1 rings (SSSR count). The highest BCUT2D eigenvalue weighted by atomic mass is 16.4. The lowest BCUT2D eigenvalue weighted by molar-refractivity contribution is -0.143. The second-order valence-electron chi connectivity index (χ2n) is 4.73. The largest absolute Gasteiger partial charge is 0.480 e. The van der Waals surface area contributed by atoms with Gasteiger partial charge in [0.05, 0.1) is 0 Å². The molecular formula is C14H21NO2. The van der Waals surface area contributed by atoms with Crippen LogP contribution in [0.25, 0.3) is 0 Å². The molecule has 0 saturated heterocycles. The van der Waals surface area contributed by atoms with E-state index < -0.39 is 11.5 Å². The van der Waals surface area contributed by atoms with Crippen LogP contribution in [0.2, 0.25) is 0 Å². The zero-order valence-electron chi connectivity index (χ0n) is 10.6. The number of aliphatic carboxylic acids is 1. The van der Waals surface area contributed by atoms with E-state index in [9.17, 15) is 9.90 Å². The maximum atomic E-state index is 11.3.